The van der Waals surface area contributed by atoms with Crippen LogP contribution in [0, 0.1) is 5.92 Å². The van der Waals surface area contributed by atoms with Gasteiger partial charge in [-0.2, -0.15) is 0 Å². The highest BCUT2D eigenvalue weighted by Gasteiger charge is 2.27. The standard InChI is InChI=1S/C11H22N2O4S/c1-9-3-6-13(7-4-9)8-5-12-18(16,17)10(2)11(14)15/h9-10,12H,3-8H2,1-2H3,(H,14,15). The Bertz CT molecular complexity index is 375. The first kappa shape index (κ1) is 15.4. The molecule has 0 amide bonds. The predicted octanol–water partition coefficient (Wildman–Crippen LogP) is 0.111. The fraction of sp³-hybridized carbons (Fsp3) is 0.909. The number of likely N-dealkylation sites (tertiary alicyclic amines) is 1. The molecule has 1 atom stereocenters. The van der Waals surface area contributed by atoms with Gasteiger partial charge >= 0.3 is 5.97 Å². The van der Waals surface area contributed by atoms with Gasteiger partial charge in [0.25, 0.3) is 0 Å². The van der Waals surface area contributed by atoms with Crippen LogP contribution in [0.4, 0.5) is 0 Å². The minimum Gasteiger partial charge on any atom is -0.480 e. The summed E-state index contributed by atoms with van der Waals surface area (Å²) in [6.45, 7) is 6.27. The van der Waals surface area contributed by atoms with Crippen LogP contribution in [-0.2, 0) is 14.8 Å². The van der Waals surface area contributed by atoms with E-state index in [2.05, 4.69) is 16.5 Å². The summed E-state index contributed by atoms with van der Waals surface area (Å²) in [7, 11) is -3.75. The average Bonchev–Trinajstić information content (AvgIpc) is 2.30. The van der Waals surface area contributed by atoms with E-state index >= 15 is 0 Å². The summed E-state index contributed by atoms with van der Waals surface area (Å²) < 4.78 is 25.5. The maximum atomic E-state index is 11.6. The molecule has 2 N–H and O–H groups in total. The van der Waals surface area contributed by atoms with E-state index in [0.29, 0.717) is 6.54 Å². The van der Waals surface area contributed by atoms with Crippen LogP contribution in [0.15, 0.2) is 0 Å². The van der Waals surface area contributed by atoms with Gasteiger partial charge in [-0.3, -0.25) is 4.79 Å². The number of carbonyl (C=O) groups is 1. The third-order valence-corrected chi connectivity index (χ3v) is 5.16. The largest absolute Gasteiger partial charge is 0.480 e. The molecule has 1 saturated heterocycles. The first-order chi connectivity index (χ1) is 8.33. The van der Waals surface area contributed by atoms with Crippen LogP contribution in [0.3, 0.4) is 0 Å². The molecular weight excluding hydrogens is 256 g/mol. The molecule has 0 aromatic heterocycles. The van der Waals surface area contributed by atoms with Crippen LogP contribution in [0.1, 0.15) is 26.7 Å². The summed E-state index contributed by atoms with van der Waals surface area (Å²) in [5.74, 6) is -0.584. The number of sulfonamides is 1. The van der Waals surface area contributed by atoms with E-state index in [1.807, 2.05) is 0 Å². The number of hydrogen-bond acceptors (Lipinski definition) is 4. The molecular formula is C11H22N2O4S. The van der Waals surface area contributed by atoms with Crippen molar-refractivity contribution in [3.63, 3.8) is 0 Å². The van der Waals surface area contributed by atoms with Crippen molar-refractivity contribution in [2.75, 3.05) is 26.2 Å². The van der Waals surface area contributed by atoms with E-state index in [-0.39, 0.29) is 6.54 Å². The van der Waals surface area contributed by atoms with Crippen molar-refractivity contribution >= 4 is 16.0 Å². The Labute approximate surface area is 108 Å². The molecule has 0 aromatic carbocycles. The molecule has 1 heterocycles. The Hall–Kier alpha value is -0.660. The molecule has 0 aliphatic carbocycles. The second kappa shape index (κ2) is 6.49. The molecule has 1 aliphatic rings. The van der Waals surface area contributed by atoms with Gasteiger partial charge < -0.3 is 10.0 Å². The zero-order chi connectivity index (χ0) is 13.8. The van der Waals surface area contributed by atoms with E-state index in [4.69, 9.17) is 5.11 Å². The van der Waals surface area contributed by atoms with Crippen molar-refractivity contribution < 1.29 is 18.3 Å². The smallest absolute Gasteiger partial charge is 0.323 e. The number of aliphatic carboxylic acids is 1. The van der Waals surface area contributed by atoms with E-state index in [1.165, 1.54) is 6.92 Å². The summed E-state index contributed by atoms with van der Waals surface area (Å²) in [5.41, 5.74) is 0. The average molecular weight is 278 g/mol. The quantitative estimate of drug-likeness (QED) is 0.720. The molecule has 6 nitrogen and oxygen atoms in total. The van der Waals surface area contributed by atoms with Crippen LogP contribution in [0.25, 0.3) is 0 Å². The minimum atomic E-state index is -3.75. The molecule has 0 aromatic rings. The lowest BCUT2D eigenvalue weighted by molar-refractivity contribution is -0.136. The second-order valence-electron chi connectivity index (χ2n) is 4.94. The highest BCUT2D eigenvalue weighted by atomic mass is 32.2. The van der Waals surface area contributed by atoms with Gasteiger partial charge in [-0.1, -0.05) is 6.92 Å². The SMILES string of the molecule is CC1CCN(CCNS(=O)(=O)C(C)C(=O)O)CC1. The monoisotopic (exact) mass is 278 g/mol. The lowest BCUT2D eigenvalue weighted by Crippen LogP contribution is -2.43. The Morgan fingerprint density at radius 1 is 1.44 bits per heavy atom. The summed E-state index contributed by atoms with van der Waals surface area (Å²) >= 11 is 0. The van der Waals surface area contributed by atoms with Crippen molar-refractivity contribution in [2.24, 2.45) is 5.92 Å². The molecule has 18 heavy (non-hydrogen) atoms. The molecule has 1 rings (SSSR count). The van der Waals surface area contributed by atoms with E-state index in [1.54, 1.807) is 0 Å². The summed E-state index contributed by atoms with van der Waals surface area (Å²) in [4.78, 5) is 12.8. The molecule has 7 heteroatoms. The maximum absolute atomic E-state index is 11.6. The van der Waals surface area contributed by atoms with Crippen molar-refractivity contribution in [3.05, 3.63) is 0 Å². The number of carboxylic acid groups (broad SMARTS) is 1. The van der Waals surface area contributed by atoms with Gasteiger partial charge in [0.05, 0.1) is 0 Å². The second-order valence-corrected chi connectivity index (χ2v) is 7.03. The number of nitrogens with one attached hydrogen (secondary N) is 1. The number of carboxylic acids is 1. The van der Waals surface area contributed by atoms with E-state index in [9.17, 15) is 13.2 Å². The molecule has 0 radical (unpaired) electrons. The van der Waals surface area contributed by atoms with Gasteiger partial charge in [0.2, 0.25) is 10.0 Å². The Kier molecular flexibility index (Phi) is 5.55. The molecule has 1 aliphatic heterocycles. The summed E-state index contributed by atoms with van der Waals surface area (Å²) in [5, 5.41) is 7.26. The molecule has 1 unspecified atom stereocenters. The van der Waals surface area contributed by atoms with E-state index < -0.39 is 21.2 Å². The fourth-order valence-corrected chi connectivity index (χ4v) is 2.78. The third kappa shape index (κ3) is 4.55. The molecule has 0 saturated carbocycles. The molecule has 1 fully saturated rings. The van der Waals surface area contributed by atoms with Crippen LogP contribution in [0.2, 0.25) is 0 Å². The molecule has 106 valence electrons. The Balaban J connectivity index is 2.31. The van der Waals surface area contributed by atoms with Crippen molar-refractivity contribution in [1.29, 1.82) is 0 Å². The van der Waals surface area contributed by atoms with Crippen molar-refractivity contribution in [1.82, 2.24) is 9.62 Å². The van der Waals surface area contributed by atoms with Gasteiger partial charge in [0.1, 0.15) is 0 Å². The van der Waals surface area contributed by atoms with Crippen LogP contribution in [-0.4, -0.2) is 55.8 Å². The number of piperidine rings is 1. The van der Waals surface area contributed by atoms with Gasteiger partial charge in [-0.05, 0) is 38.8 Å². The van der Waals surface area contributed by atoms with Gasteiger partial charge in [-0.15, -0.1) is 0 Å². The van der Waals surface area contributed by atoms with Gasteiger partial charge in [-0.25, -0.2) is 13.1 Å². The lowest BCUT2D eigenvalue weighted by atomic mass is 9.99. The van der Waals surface area contributed by atoms with Crippen LogP contribution < -0.4 is 4.72 Å². The first-order valence-electron chi connectivity index (χ1n) is 6.26. The third-order valence-electron chi connectivity index (χ3n) is 3.42. The molecule has 0 bridgehead atoms. The van der Waals surface area contributed by atoms with Gasteiger partial charge in [0.15, 0.2) is 5.25 Å². The normalized spacial score (nSPS) is 20.8. The lowest BCUT2D eigenvalue weighted by Gasteiger charge is -2.30. The highest BCUT2D eigenvalue weighted by molar-refractivity contribution is 7.90. The topological polar surface area (TPSA) is 86.7 Å². The fourth-order valence-electron chi connectivity index (χ4n) is 1.89. The highest BCUT2D eigenvalue weighted by Crippen LogP contribution is 2.15. The zero-order valence-electron chi connectivity index (χ0n) is 10.9. The summed E-state index contributed by atoms with van der Waals surface area (Å²) in [6, 6.07) is 0. The van der Waals surface area contributed by atoms with Crippen LogP contribution in [0.5, 0.6) is 0 Å². The zero-order valence-corrected chi connectivity index (χ0v) is 11.7. The van der Waals surface area contributed by atoms with Crippen LogP contribution >= 0.6 is 0 Å². The van der Waals surface area contributed by atoms with E-state index in [0.717, 1.165) is 31.8 Å². The summed E-state index contributed by atoms with van der Waals surface area (Å²) in [6.07, 6.45) is 2.27. The first-order valence-corrected chi connectivity index (χ1v) is 7.81. The Morgan fingerprint density at radius 3 is 2.50 bits per heavy atom. The number of rotatable bonds is 6. The predicted molar refractivity (Wildman–Crippen MR) is 68.9 cm³/mol. The number of hydrogen-bond donors (Lipinski definition) is 2. The van der Waals surface area contributed by atoms with Crippen molar-refractivity contribution in [3.8, 4) is 0 Å². The number of nitrogens with zero attached hydrogens (tertiary/aromatic N) is 1. The van der Waals surface area contributed by atoms with Crippen molar-refractivity contribution in [2.45, 2.75) is 31.9 Å². The maximum Gasteiger partial charge on any atom is 0.323 e. The minimum absolute atomic E-state index is 0.272. The Morgan fingerprint density at radius 2 is 2.00 bits per heavy atom. The molecule has 0 spiro atoms. The van der Waals surface area contributed by atoms with Gasteiger partial charge in [0, 0.05) is 13.1 Å².